The first-order chi connectivity index (χ1) is 9.32. The van der Waals surface area contributed by atoms with Crippen LogP contribution in [0.15, 0.2) is 23.8 Å². The van der Waals surface area contributed by atoms with Gasteiger partial charge in [0.2, 0.25) is 6.10 Å². The summed E-state index contributed by atoms with van der Waals surface area (Å²) in [6.07, 6.45) is -5.95. The topological polar surface area (TPSA) is 35.5 Å². The van der Waals surface area contributed by atoms with Crippen molar-refractivity contribution in [2.45, 2.75) is 19.2 Å². The van der Waals surface area contributed by atoms with E-state index in [9.17, 15) is 18.0 Å². The van der Waals surface area contributed by atoms with E-state index in [4.69, 9.17) is 16.3 Å². The Hall–Kier alpha value is -1.69. The molecule has 3 nitrogen and oxygen atoms in total. The van der Waals surface area contributed by atoms with Crippen LogP contribution in [0.25, 0.3) is 6.08 Å². The van der Waals surface area contributed by atoms with Gasteiger partial charge >= 0.3 is 12.1 Å². The zero-order valence-corrected chi connectivity index (χ0v) is 11.1. The van der Waals surface area contributed by atoms with Crippen molar-refractivity contribution in [3.05, 3.63) is 34.4 Å². The highest BCUT2D eigenvalue weighted by Crippen LogP contribution is 2.38. The molecule has 0 aromatic heterocycles. The minimum atomic E-state index is -4.71. The van der Waals surface area contributed by atoms with Crippen LogP contribution in [0.2, 0.25) is 5.02 Å². The van der Waals surface area contributed by atoms with E-state index in [2.05, 4.69) is 4.74 Å². The molecule has 0 N–H and O–H groups in total. The standard InChI is InChI=1S/C13H10ClF3O3/c1-2-19-12(18)9-6-7-5-8(14)3-4-10(7)20-11(9)13(15,16)17/h3-6,11H,2H2,1H3/t11-/m1/s1. The molecule has 1 atom stereocenters. The minimum Gasteiger partial charge on any atom is -0.475 e. The Balaban J connectivity index is 2.48. The van der Waals surface area contributed by atoms with Crippen molar-refractivity contribution in [3.63, 3.8) is 0 Å². The summed E-state index contributed by atoms with van der Waals surface area (Å²) in [6, 6.07) is 4.16. The van der Waals surface area contributed by atoms with Gasteiger partial charge in [0.15, 0.2) is 0 Å². The summed E-state index contributed by atoms with van der Waals surface area (Å²) in [7, 11) is 0. The number of fused-ring (bicyclic) bond motifs is 1. The number of carbonyl (C=O) groups excluding carboxylic acids is 1. The summed E-state index contributed by atoms with van der Waals surface area (Å²) in [5.41, 5.74) is -0.282. The molecule has 2 rings (SSSR count). The van der Waals surface area contributed by atoms with Gasteiger partial charge in [-0.05, 0) is 31.2 Å². The Morgan fingerprint density at radius 3 is 2.75 bits per heavy atom. The lowest BCUT2D eigenvalue weighted by Crippen LogP contribution is -2.40. The van der Waals surface area contributed by atoms with E-state index < -0.39 is 23.8 Å². The van der Waals surface area contributed by atoms with Crippen LogP contribution in [0.5, 0.6) is 5.75 Å². The summed E-state index contributed by atoms with van der Waals surface area (Å²) in [5, 5.41) is 0.331. The highest BCUT2D eigenvalue weighted by atomic mass is 35.5. The number of esters is 1. The number of hydrogen-bond acceptors (Lipinski definition) is 3. The summed E-state index contributed by atoms with van der Waals surface area (Å²) in [5.74, 6) is -1.04. The Labute approximate surface area is 117 Å². The Kier molecular flexibility index (Phi) is 3.94. The summed E-state index contributed by atoms with van der Waals surface area (Å²) < 4.78 is 48.4. The molecular formula is C13H10ClF3O3. The van der Waals surface area contributed by atoms with Gasteiger partial charge in [-0.1, -0.05) is 11.6 Å². The zero-order valence-electron chi connectivity index (χ0n) is 10.3. The number of alkyl halides is 3. The van der Waals surface area contributed by atoms with Gasteiger partial charge in [-0.3, -0.25) is 0 Å². The molecule has 1 aliphatic rings. The molecule has 20 heavy (non-hydrogen) atoms. The average Bonchev–Trinajstić information content (AvgIpc) is 2.36. The molecule has 1 heterocycles. The van der Waals surface area contributed by atoms with Gasteiger partial charge < -0.3 is 9.47 Å². The maximum absolute atomic E-state index is 13.0. The van der Waals surface area contributed by atoms with Gasteiger partial charge in [0, 0.05) is 10.6 Å². The second-order valence-electron chi connectivity index (χ2n) is 4.04. The van der Waals surface area contributed by atoms with Gasteiger partial charge in [0.25, 0.3) is 0 Å². The van der Waals surface area contributed by atoms with Crippen molar-refractivity contribution in [1.29, 1.82) is 0 Å². The van der Waals surface area contributed by atoms with Crippen LogP contribution >= 0.6 is 11.6 Å². The van der Waals surface area contributed by atoms with Crippen molar-refractivity contribution in [2.24, 2.45) is 0 Å². The van der Waals surface area contributed by atoms with Crippen LogP contribution < -0.4 is 4.74 Å². The zero-order chi connectivity index (χ0) is 14.9. The van der Waals surface area contributed by atoms with Crippen molar-refractivity contribution in [1.82, 2.24) is 0 Å². The van der Waals surface area contributed by atoms with Crippen LogP contribution in [0.1, 0.15) is 12.5 Å². The van der Waals surface area contributed by atoms with E-state index in [1.807, 2.05) is 0 Å². The Morgan fingerprint density at radius 2 is 2.15 bits per heavy atom. The lowest BCUT2D eigenvalue weighted by atomic mass is 10.0. The van der Waals surface area contributed by atoms with E-state index in [0.29, 0.717) is 10.6 Å². The third-order valence-electron chi connectivity index (χ3n) is 2.62. The van der Waals surface area contributed by atoms with E-state index in [0.717, 1.165) is 6.08 Å². The molecule has 108 valence electrons. The first kappa shape index (κ1) is 14.7. The van der Waals surface area contributed by atoms with Crippen molar-refractivity contribution in [2.75, 3.05) is 6.61 Å². The smallest absolute Gasteiger partial charge is 0.430 e. The third kappa shape index (κ3) is 2.90. The van der Waals surface area contributed by atoms with Gasteiger partial charge in [-0.25, -0.2) is 4.79 Å². The van der Waals surface area contributed by atoms with Crippen molar-refractivity contribution >= 4 is 23.6 Å². The summed E-state index contributed by atoms with van der Waals surface area (Å²) in [6.45, 7) is 1.48. The molecule has 0 radical (unpaired) electrons. The van der Waals surface area contributed by atoms with E-state index in [-0.39, 0.29) is 12.4 Å². The molecule has 0 aliphatic carbocycles. The highest BCUT2D eigenvalue weighted by Gasteiger charge is 2.48. The molecule has 7 heteroatoms. The molecule has 0 saturated carbocycles. The first-order valence-electron chi connectivity index (χ1n) is 5.74. The van der Waals surface area contributed by atoms with Crippen LogP contribution in [0.3, 0.4) is 0 Å². The molecule has 0 saturated heterocycles. The number of ether oxygens (including phenoxy) is 2. The fourth-order valence-corrected chi connectivity index (χ4v) is 1.98. The van der Waals surface area contributed by atoms with Gasteiger partial charge in [-0.15, -0.1) is 0 Å². The van der Waals surface area contributed by atoms with Crippen LogP contribution in [-0.2, 0) is 9.53 Å². The molecule has 1 aliphatic heterocycles. The molecule has 0 bridgehead atoms. The Morgan fingerprint density at radius 1 is 1.45 bits per heavy atom. The minimum absolute atomic E-state index is 0.0183. The highest BCUT2D eigenvalue weighted by molar-refractivity contribution is 6.30. The van der Waals surface area contributed by atoms with Gasteiger partial charge in [0.1, 0.15) is 5.75 Å². The predicted octanol–water partition coefficient (Wildman–Crippen LogP) is 3.61. The Bertz CT molecular complexity index is 566. The lowest BCUT2D eigenvalue weighted by molar-refractivity contribution is -0.187. The molecule has 0 unspecified atom stereocenters. The number of halogens is 4. The van der Waals surface area contributed by atoms with E-state index >= 15 is 0 Å². The first-order valence-corrected chi connectivity index (χ1v) is 6.12. The molecule has 0 amide bonds. The third-order valence-corrected chi connectivity index (χ3v) is 2.85. The predicted molar refractivity (Wildman–Crippen MR) is 66.5 cm³/mol. The van der Waals surface area contributed by atoms with Crippen molar-refractivity contribution < 1.29 is 27.4 Å². The van der Waals surface area contributed by atoms with Crippen molar-refractivity contribution in [3.8, 4) is 5.75 Å². The number of benzene rings is 1. The lowest BCUT2D eigenvalue weighted by Gasteiger charge is -2.27. The fourth-order valence-electron chi connectivity index (χ4n) is 1.80. The molecule has 1 aromatic carbocycles. The monoisotopic (exact) mass is 306 g/mol. The SMILES string of the molecule is CCOC(=O)C1=Cc2cc(Cl)ccc2O[C@H]1C(F)(F)F. The second-order valence-corrected chi connectivity index (χ2v) is 4.48. The largest absolute Gasteiger partial charge is 0.475 e. The normalized spacial score (nSPS) is 17.9. The summed E-state index contributed by atoms with van der Waals surface area (Å²) in [4.78, 5) is 11.6. The second kappa shape index (κ2) is 5.36. The quantitative estimate of drug-likeness (QED) is 0.783. The maximum Gasteiger partial charge on any atom is 0.430 e. The van der Waals surface area contributed by atoms with E-state index in [1.165, 1.54) is 25.1 Å². The number of hydrogen-bond donors (Lipinski definition) is 0. The fraction of sp³-hybridized carbons (Fsp3) is 0.308. The molecule has 0 spiro atoms. The molecular weight excluding hydrogens is 297 g/mol. The number of rotatable bonds is 2. The maximum atomic E-state index is 13.0. The van der Waals surface area contributed by atoms with Gasteiger partial charge in [-0.2, -0.15) is 13.2 Å². The average molecular weight is 307 g/mol. The van der Waals surface area contributed by atoms with Gasteiger partial charge in [0.05, 0.1) is 12.2 Å². The summed E-state index contributed by atoms with van der Waals surface area (Å²) >= 11 is 5.77. The molecule has 0 fully saturated rings. The molecule has 1 aromatic rings. The van der Waals surface area contributed by atoms with E-state index in [1.54, 1.807) is 0 Å². The van der Waals surface area contributed by atoms with Crippen LogP contribution in [-0.4, -0.2) is 24.9 Å². The number of carbonyl (C=O) groups is 1. The van der Waals surface area contributed by atoms with Crippen LogP contribution in [0.4, 0.5) is 13.2 Å². The van der Waals surface area contributed by atoms with Crippen LogP contribution in [0, 0.1) is 0 Å².